The second-order valence-electron chi connectivity index (χ2n) is 7.49. The summed E-state index contributed by atoms with van der Waals surface area (Å²) in [6.07, 6.45) is 11.5. The molecule has 0 bridgehead atoms. The number of quaternary nitrogens is 1. The van der Waals surface area contributed by atoms with Crippen molar-refractivity contribution in [1.82, 2.24) is 0 Å². The third-order valence-corrected chi connectivity index (χ3v) is 4.91. The van der Waals surface area contributed by atoms with Crippen LogP contribution in [0.4, 0.5) is 0 Å². The summed E-state index contributed by atoms with van der Waals surface area (Å²) in [7, 11) is -4.67. The van der Waals surface area contributed by atoms with Crippen LogP contribution in [0.5, 0.6) is 0 Å². The molecule has 0 heterocycles. The van der Waals surface area contributed by atoms with E-state index in [-0.39, 0.29) is 30.6 Å². The van der Waals surface area contributed by atoms with Gasteiger partial charge < -0.3 is 20.1 Å². The molecule has 0 aliphatic heterocycles. The molecule has 31 heavy (non-hydrogen) atoms. The molecule has 190 valence electrons. The highest BCUT2D eigenvalue weighted by Gasteiger charge is 2.28. The number of hydroxylamine groups is 3. The molecule has 0 aromatic carbocycles. The Morgan fingerprint density at radius 1 is 0.774 bits per heavy atom. The van der Waals surface area contributed by atoms with Gasteiger partial charge in [0.15, 0.2) is 0 Å². The van der Waals surface area contributed by atoms with E-state index in [1.54, 1.807) is 0 Å². The van der Waals surface area contributed by atoms with E-state index in [4.69, 9.17) is 27.1 Å². The molecule has 0 spiro atoms. The van der Waals surface area contributed by atoms with E-state index in [0.29, 0.717) is 32.8 Å². The Morgan fingerprint density at radius 3 is 1.65 bits per heavy atom. The van der Waals surface area contributed by atoms with E-state index in [0.717, 1.165) is 12.8 Å². The molecule has 0 fully saturated rings. The van der Waals surface area contributed by atoms with Gasteiger partial charge in [-0.05, 0) is 12.8 Å². The summed E-state index contributed by atoms with van der Waals surface area (Å²) in [4.78, 5) is 5.86. The Bertz CT molecular complexity index is 452. The molecule has 10 nitrogen and oxygen atoms in total. The molecule has 0 saturated carbocycles. The number of ether oxygens (including phenoxy) is 1. The molecule has 11 heteroatoms. The third kappa shape index (κ3) is 24.1. The van der Waals surface area contributed by atoms with Gasteiger partial charge in [0.2, 0.25) is 0 Å². The minimum absolute atomic E-state index is 0.0449. The molecule has 1 atom stereocenters. The fourth-order valence-electron chi connectivity index (χ4n) is 3.26. The second-order valence-corrected chi connectivity index (χ2v) is 8.39. The highest BCUT2D eigenvalue weighted by molar-refractivity contribution is 7.79. The lowest BCUT2D eigenvalue weighted by atomic mass is 10.1. The maximum absolute atomic E-state index is 9.24. The van der Waals surface area contributed by atoms with Gasteiger partial charge in [0.1, 0.15) is 26.2 Å². The molecule has 0 saturated heterocycles. The van der Waals surface area contributed by atoms with Crippen LogP contribution in [-0.2, 0) is 20.0 Å². The molecular formula is C20H46NO9S+. The molecule has 0 aromatic heterocycles. The zero-order valence-electron chi connectivity index (χ0n) is 19.3. The van der Waals surface area contributed by atoms with Crippen molar-refractivity contribution >= 4 is 10.4 Å². The van der Waals surface area contributed by atoms with Crippen LogP contribution in [0.1, 0.15) is 71.6 Å². The summed E-state index contributed by atoms with van der Waals surface area (Å²) in [6.45, 7) is 6.22. The number of unbranched alkanes of at least 4 members (excludes halogenated alkanes) is 6. The molecule has 1 unspecified atom stereocenters. The second kappa shape index (κ2) is 21.5. The molecule has 0 aliphatic rings. The van der Waals surface area contributed by atoms with Crippen molar-refractivity contribution in [3.8, 4) is 0 Å². The minimum Gasteiger partial charge on any atom is -0.390 e. The highest BCUT2D eigenvalue weighted by atomic mass is 32.3. The van der Waals surface area contributed by atoms with Crippen LogP contribution < -0.4 is 0 Å². The van der Waals surface area contributed by atoms with Crippen LogP contribution in [0, 0.1) is 0 Å². The first kappa shape index (κ1) is 32.8. The SMILES string of the molecule is CCCCCCCCCC(CC)OCCO[N+](CCO)(CCO)CCO.O=S(=O)(O)O. The molecule has 0 amide bonds. The number of hydrogen-bond donors (Lipinski definition) is 5. The van der Waals surface area contributed by atoms with Crippen molar-refractivity contribution in [3.05, 3.63) is 0 Å². The van der Waals surface area contributed by atoms with Gasteiger partial charge in [0, 0.05) is 0 Å². The highest BCUT2D eigenvalue weighted by Crippen LogP contribution is 2.13. The normalized spacial score (nSPS) is 13.0. The Morgan fingerprint density at radius 2 is 1.23 bits per heavy atom. The van der Waals surface area contributed by atoms with Crippen LogP contribution in [0.2, 0.25) is 0 Å². The van der Waals surface area contributed by atoms with Crippen molar-refractivity contribution in [3.63, 3.8) is 0 Å². The average molecular weight is 477 g/mol. The van der Waals surface area contributed by atoms with E-state index in [1.165, 1.54) is 44.9 Å². The summed E-state index contributed by atoms with van der Waals surface area (Å²) >= 11 is 0. The largest absolute Gasteiger partial charge is 0.394 e. The van der Waals surface area contributed by atoms with Gasteiger partial charge in [-0.1, -0.05) is 58.8 Å². The fourth-order valence-corrected chi connectivity index (χ4v) is 3.26. The van der Waals surface area contributed by atoms with E-state index in [9.17, 15) is 15.3 Å². The predicted molar refractivity (Wildman–Crippen MR) is 119 cm³/mol. The Labute approximate surface area is 188 Å². The lowest BCUT2D eigenvalue weighted by Gasteiger charge is -2.34. The number of aliphatic hydroxyl groups is 3. The van der Waals surface area contributed by atoms with Gasteiger partial charge in [0.05, 0.1) is 32.5 Å². The van der Waals surface area contributed by atoms with Crippen LogP contribution in [-0.4, -0.2) is 96.3 Å². The molecule has 0 aliphatic carbocycles. The van der Waals surface area contributed by atoms with E-state index < -0.39 is 10.4 Å². The van der Waals surface area contributed by atoms with Crippen molar-refractivity contribution in [1.29, 1.82) is 0 Å². The van der Waals surface area contributed by atoms with Gasteiger partial charge >= 0.3 is 10.4 Å². The standard InChI is InChI=1S/C20H44NO5.H2O4S/c1-3-5-6-7-8-9-10-11-20(4-2)25-18-19-26-21(12-15-22,13-16-23)14-17-24;1-5(2,3)4/h20,22-24H,3-19H2,1-2H3;(H2,1,2,3,4)/q+1;. The van der Waals surface area contributed by atoms with Gasteiger partial charge in [0.25, 0.3) is 0 Å². The van der Waals surface area contributed by atoms with Gasteiger partial charge in [-0.3, -0.25) is 9.11 Å². The maximum Gasteiger partial charge on any atom is 0.394 e. The summed E-state index contributed by atoms with van der Waals surface area (Å²) < 4.78 is 37.6. The quantitative estimate of drug-likeness (QED) is 0.0768. The van der Waals surface area contributed by atoms with Crippen molar-refractivity contribution in [2.24, 2.45) is 0 Å². The minimum atomic E-state index is -4.67. The number of aliphatic hydroxyl groups excluding tert-OH is 3. The molecule has 0 rings (SSSR count). The number of hydrogen-bond acceptors (Lipinski definition) is 7. The predicted octanol–water partition coefficient (Wildman–Crippen LogP) is 1.99. The zero-order valence-corrected chi connectivity index (χ0v) is 20.1. The first-order chi connectivity index (χ1) is 14.7. The first-order valence-electron chi connectivity index (χ1n) is 11.3. The Hall–Kier alpha value is -0.370. The van der Waals surface area contributed by atoms with Crippen LogP contribution in [0.15, 0.2) is 0 Å². The zero-order chi connectivity index (χ0) is 24.0. The van der Waals surface area contributed by atoms with Gasteiger partial charge in [-0.2, -0.15) is 13.1 Å². The molecular weight excluding hydrogens is 430 g/mol. The van der Waals surface area contributed by atoms with Gasteiger partial charge in [-0.25, -0.2) is 4.84 Å². The lowest BCUT2D eigenvalue weighted by Crippen LogP contribution is -2.53. The lowest BCUT2D eigenvalue weighted by molar-refractivity contribution is -1.10. The molecule has 0 aromatic rings. The number of rotatable bonds is 20. The van der Waals surface area contributed by atoms with Crippen LogP contribution >= 0.6 is 0 Å². The summed E-state index contributed by atoms with van der Waals surface area (Å²) in [5.74, 6) is 0. The Balaban J connectivity index is 0. The summed E-state index contributed by atoms with van der Waals surface area (Å²) in [5, 5.41) is 27.7. The van der Waals surface area contributed by atoms with Crippen molar-refractivity contribution in [2.45, 2.75) is 77.7 Å². The smallest absolute Gasteiger partial charge is 0.390 e. The van der Waals surface area contributed by atoms with Crippen molar-refractivity contribution < 1.29 is 47.1 Å². The Kier molecular flexibility index (Phi) is 22.7. The maximum atomic E-state index is 9.24. The molecule has 5 N–H and O–H groups in total. The number of nitrogens with zero attached hydrogens (tertiary/aromatic N) is 1. The fraction of sp³-hybridized carbons (Fsp3) is 1.00. The topological polar surface area (TPSA) is 154 Å². The summed E-state index contributed by atoms with van der Waals surface area (Å²) in [6, 6.07) is 0. The average Bonchev–Trinajstić information content (AvgIpc) is 2.68. The molecule has 0 radical (unpaired) electrons. The monoisotopic (exact) mass is 476 g/mol. The first-order valence-corrected chi connectivity index (χ1v) is 12.7. The van der Waals surface area contributed by atoms with Crippen LogP contribution in [0.3, 0.4) is 0 Å². The van der Waals surface area contributed by atoms with E-state index in [2.05, 4.69) is 13.8 Å². The van der Waals surface area contributed by atoms with E-state index in [1.807, 2.05) is 0 Å². The third-order valence-electron chi connectivity index (χ3n) is 4.91. The van der Waals surface area contributed by atoms with Gasteiger partial charge in [-0.15, -0.1) is 0 Å². The summed E-state index contributed by atoms with van der Waals surface area (Å²) in [5.41, 5.74) is 0. The van der Waals surface area contributed by atoms with Crippen molar-refractivity contribution in [2.75, 3.05) is 52.7 Å². The van der Waals surface area contributed by atoms with Crippen LogP contribution in [0.25, 0.3) is 0 Å². The van der Waals surface area contributed by atoms with E-state index >= 15 is 0 Å².